The molecule has 0 aliphatic carbocycles. The van der Waals surface area contributed by atoms with Crippen LogP contribution in [0, 0.1) is 11.3 Å². The van der Waals surface area contributed by atoms with Crippen molar-refractivity contribution in [3.63, 3.8) is 0 Å². The van der Waals surface area contributed by atoms with Crippen LogP contribution in [0.3, 0.4) is 0 Å². The summed E-state index contributed by atoms with van der Waals surface area (Å²) in [7, 11) is -3.50. The number of sulfonamides is 1. The van der Waals surface area contributed by atoms with Crippen molar-refractivity contribution in [2.75, 3.05) is 19.6 Å². The van der Waals surface area contributed by atoms with Crippen LogP contribution < -0.4 is 5.32 Å². The van der Waals surface area contributed by atoms with E-state index in [1.54, 1.807) is 0 Å². The molecule has 7 heteroatoms. The summed E-state index contributed by atoms with van der Waals surface area (Å²) < 4.78 is 26.1. The smallest absolute Gasteiger partial charge is 0.244 e. The Morgan fingerprint density at radius 2 is 2.33 bits per heavy atom. The number of pyridine rings is 1. The molecular formula is C11H14N4O2S. The number of nitriles is 1. The van der Waals surface area contributed by atoms with Gasteiger partial charge in [-0.1, -0.05) is 0 Å². The van der Waals surface area contributed by atoms with Crippen molar-refractivity contribution in [3.8, 4) is 6.07 Å². The van der Waals surface area contributed by atoms with Crippen molar-refractivity contribution in [2.24, 2.45) is 0 Å². The van der Waals surface area contributed by atoms with Crippen LogP contribution in [0.1, 0.15) is 12.6 Å². The lowest BCUT2D eigenvalue weighted by molar-refractivity contribution is 0.310. The van der Waals surface area contributed by atoms with E-state index in [4.69, 9.17) is 5.26 Å². The first-order valence-electron chi connectivity index (χ1n) is 5.64. The second-order valence-corrected chi connectivity index (χ2v) is 6.15. The maximum Gasteiger partial charge on any atom is 0.244 e. The standard InChI is InChI=1S/C11H14N4O2S/c1-9-8-15(5-4-13-9)18(16,17)11-3-2-10(6-12)14-7-11/h2-3,7,9,13H,4-5,8H2,1H3/t9-/m1/s1. The molecule has 1 atom stereocenters. The Balaban J connectivity index is 2.27. The highest BCUT2D eigenvalue weighted by molar-refractivity contribution is 7.89. The normalized spacial score (nSPS) is 21.4. The third-order valence-corrected chi connectivity index (χ3v) is 4.67. The van der Waals surface area contributed by atoms with Crippen LogP contribution in [0.15, 0.2) is 23.2 Å². The fourth-order valence-electron chi connectivity index (χ4n) is 1.86. The molecule has 0 unspecified atom stereocenters. The summed E-state index contributed by atoms with van der Waals surface area (Å²) in [4.78, 5) is 3.93. The van der Waals surface area contributed by atoms with E-state index in [2.05, 4.69) is 10.3 Å². The van der Waals surface area contributed by atoms with Crippen LogP contribution in [0.4, 0.5) is 0 Å². The van der Waals surface area contributed by atoms with Crippen molar-refractivity contribution in [1.82, 2.24) is 14.6 Å². The van der Waals surface area contributed by atoms with E-state index >= 15 is 0 Å². The third-order valence-electron chi connectivity index (χ3n) is 2.82. The molecule has 0 spiro atoms. The number of rotatable bonds is 2. The third kappa shape index (κ3) is 2.51. The molecule has 0 bridgehead atoms. The Morgan fingerprint density at radius 3 is 2.89 bits per heavy atom. The Kier molecular flexibility index (Phi) is 3.61. The molecule has 1 saturated heterocycles. The molecule has 2 rings (SSSR count). The molecule has 0 amide bonds. The zero-order valence-corrected chi connectivity index (χ0v) is 10.8. The zero-order chi connectivity index (χ0) is 13.2. The number of nitrogens with zero attached hydrogens (tertiary/aromatic N) is 3. The van der Waals surface area contributed by atoms with Crippen molar-refractivity contribution in [3.05, 3.63) is 24.0 Å². The lowest BCUT2D eigenvalue weighted by Gasteiger charge is -2.30. The Morgan fingerprint density at radius 1 is 1.56 bits per heavy atom. The summed E-state index contributed by atoms with van der Waals surface area (Å²) in [6.07, 6.45) is 1.24. The van der Waals surface area contributed by atoms with Crippen molar-refractivity contribution in [1.29, 1.82) is 5.26 Å². The molecule has 1 N–H and O–H groups in total. The summed E-state index contributed by atoms with van der Waals surface area (Å²) >= 11 is 0. The highest BCUT2D eigenvalue weighted by atomic mass is 32.2. The molecule has 1 aromatic heterocycles. The fraction of sp³-hybridized carbons (Fsp3) is 0.455. The van der Waals surface area contributed by atoms with Gasteiger partial charge in [-0.05, 0) is 19.1 Å². The SMILES string of the molecule is C[C@@H]1CN(S(=O)(=O)c2ccc(C#N)nc2)CCN1. The van der Waals surface area contributed by atoms with Gasteiger partial charge >= 0.3 is 0 Å². The van der Waals surface area contributed by atoms with Gasteiger partial charge in [0.15, 0.2) is 0 Å². The van der Waals surface area contributed by atoms with Gasteiger partial charge in [-0.2, -0.15) is 9.57 Å². The highest BCUT2D eigenvalue weighted by Gasteiger charge is 2.28. The second kappa shape index (κ2) is 5.02. The molecule has 1 aromatic rings. The van der Waals surface area contributed by atoms with Crippen LogP contribution in [0.5, 0.6) is 0 Å². The predicted octanol–water partition coefficient (Wildman–Crippen LogP) is -0.0643. The highest BCUT2D eigenvalue weighted by Crippen LogP contribution is 2.16. The first kappa shape index (κ1) is 13.0. The van der Waals surface area contributed by atoms with Gasteiger partial charge in [0, 0.05) is 31.9 Å². The van der Waals surface area contributed by atoms with Crippen LogP contribution in [-0.4, -0.2) is 43.4 Å². The minimum atomic E-state index is -3.50. The van der Waals surface area contributed by atoms with E-state index in [1.165, 1.54) is 22.6 Å². The number of hydrogen-bond donors (Lipinski definition) is 1. The first-order chi connectivity index (χ1) is 8.54. The van der Waals surface area contributed by atoms with Gasteiger partial charge in [-0.15, -0.1) is 0 Å². The maximum absolute atomic E-state index is 12.3. The molecule has 0 saturated carbocycles. The molecule has 18 heavy (non-hydrogen) atoms. The van der Waals surface area contributed by atoms with Crippen LogP contribution in [0.25, 0.3) is 0 Å². The van der Waals surface area contributed by atoms with Gasteiger partial charge in [0.05, 0.1) is 0 Å². The predicted molar refractivity (Wildman–Crippen MR) is 65.2 cm³/mol. The number of nitrogens with one attached hydrogen (secondary N) is 1. The molecule has 2 heterocycles. The average molecular weight is 266 g/mol. The monoisotopic (exact) mass is 266 g/mol. The van der Waals surface area contributed by atoms with Gasteiger partial charge in [-0.25, -0.2) is 13.4 Å². The summed E-state index contributed by atoms with van der Waals surface area (Å²) in [6.45, 7) is 3.48. The summed E-state index contributed by atoms with van der Waals surface area (Å²) in [5, 5.41) is 11.8. The molecule has 96 valence electrons. The van der Waals surface area contributed by atoms with Crippen molar-refractivity contribution in [2.45, 2.75) is 17.9 Å². The molecule has 1 fully saturated rings. The zero-order valence-electron chi connectivity index (χ0n) is 10.00. The Hall–Kier alpha value is -1.49. The summed E-state index contributed by atoms with van der Waals surface area (Å²) in [6, 6.07) is 4.84. The van der Waals surface area contributed by atoms with Gasteiger partial charge < -0.3 is 5.32 Å². The quantitative estimate of drug-likeness (QED) is 0.810. The van der Waals surface area contributed by atoms with E-state index in [1.807, 2.05) is 13.0 Å². The summed E-state index contributed by atoms with van der Waals surface area (Å²) in [5.74, 6) is 0. The topological polar surface area (TPSA) is 86.1 Å². The van der Waals surface area contributed by atoms with Crippen molar-refractivity contribution >= 4 is 10.0 Å². The van der Waals surface area contributed by atoms with Crippen LogP contribution in [-0.2, 0) is 10.0 Å². The lowest BCUT2D eigenvalue weighted by atomic mass is 10.3. The minimum Gasteiger partial charge on any atom is -0.312 e. The number of piperazine rings is 1. The largest absolute Gasteiger partial charge is 0.312 e. The molecule has 0 aromatic carbocycles. The van der Waals surface area contributed by atoms with E-state index in [0.717, 1.165) is 0 Å². The number of aromatic nitrogens is 1. The van der Waals surface area contributed by atoms with Gasteiger partial charge in [0.1, 0.15) is 16.7 Å². The van der Waals surface area contributed by atoms with Crippen molar-refractivity contribution < 1.29 is 8.42 Å². The minimum absolute atomic E-state index is 0.135. The first-order valence-corrected chi connectivity index (χ1v) is 7.08. The van der Waals surface area contributed by atoms with E-state index in [0.29, 0.717) is 19.6 Å². The molecule has 0 radical (unpaired) electrons. The average Bonchev–Trinajstić information content (AvgIpc) is 2.39. The Bertz CT molecular complexity index is 562. The summed E-state index contributed by atoms with van der Waals surface area (Å²) in [5.41, 5.74) is 0.211. The molecule has 6 nitrogen and oxygen atoms in total. The number of hydrogen-bond acceptors (Lipinski definition) is 5. The molecule has 1 aliphatic rings. The van der Waals surface area contributed by atoms with Gasteiger partial charge in [0.25, 0.3) is 0 Å². The van der Waals surface area contributed by atoms with E-state index in [9.17, 15) is 8.42 Å². The van der Waals surface area contributed by atoms with Crippen LogP contribution >= 0.6 is 0 Å². The second-order valence-electron chi connectivity index (χ2n) is 4.21. The molecule has 1 aliphatic heterocycles. The lowest BCUT2D eigenvalue weighted by Crippen LogP contribution is -2.51. The Labute approximate surface area is 106 Å². The van der Waals surface area contributed by atoms with Gasteiger partial charge in [-0.3, -0.25) is 0 Å². The van der Waals surface area contributed by atoms with Gasteiger partial charge in [0.2, 0.25) is 10.0 Å². The molecular weight excluding hydrogens is 252 g/mol. The fourth-order valence-corrected chi connectivity index (χ4v) is 3.34. The van der Waals surface area contributed by atoms with Crippen LogP contribution in [0.2, 0.25) is 0 Å². The van der Waals surface area contributed by atoms with E-state index in [-0.39, 0.29) is 16.6 Å². The van der Waals surface area contributed by atoms with E-state index < -0.39 is 10.0 Å². The maximum atomic E-state index is 12.3.